The van der Waals surface area contributed by atoms with Crippen molar-refractivity contribution < 1.29 is 49.3 Å². The van der Waals surface area contributed by atoms with Crippen LogP contribution in [-0.2, 0) is 23.8 Å². The van der Waals surface area contributed by atoms with Crippen molar-refractivity contribution in [2.24, 2.45) is 0 Å². The van der Waals surface area contributed by atoms with E-state index >= 15 is 0 Å². The fourth-order valence-electron chi connectivity index (χ4n) is 9.97. The number of unbranched alkanes of at least 4 members (excludes halogenated alkanes) is 31. The first kappa shape index (κ1) is 74.1. The predicted molar refractivity (Wildman–Crippen MR) is 329 cm³/mol. The summed E-state index contributed by atoms with van der Waals surface area (Å²) < 4.78 is 17.6. The number of amides is 1. The molecule has 1 amide bonds. The Bertz CT molecular complexity index is 1560. The Hall–Kier alpha value is -2.90. The normalized spacial score (nSPS) is 19.3. The quantitative estimate of drug-likeness (QED) is 0.0195. The van der Waals surface area contributed by atoms with Gasteiger partial charge in [0.05, 0.1) is 25.4 Å². The predicted octanol–water partition coefficient (Wildman–Crippen LogP) is 16.0. The van der Waals surface area contributed by atoms with Gasteiger partial charge in [-0.3, -0.25) is 9.59 Å². The third-order valence-corrected chi connectivity index (χ3v) is 15.1. The molecule has 0 saturated carbocycles. The molecule has 0 aromatic carbocycles. The van der Waals surface area contributed by atoms with Gasteiger partial charge in [0.15, 0.2) is 12.4 Å². The van der Waals surface area contributed by atoms with Crippen LogP contribution < -0.4 is 5.32 Å². The topological polar surface area (TPSA) is 175 Å². The molecule has 0 aromatic rings. The molecule has 1 heterocycles. The van der Waals surface area contributed by atoms with E-state index in [9.17, 15) is 35.1 Å². The lowest BCUT2D eigenvalue weighted by molar-refractivity contribution is -0.305. The summed E-state index contributed by atoms with van der Waals surface area (Å²) in [5, 5.41) is 57.0. The highest BCUT2D eigenvalue weighted by Crippen LogP contribution is 2.26. The summed E-state index contributed by atoms with van der Waals surface area (Å²) in [5.41, 5.74) is 0. The van der Waals surface area contributed by atoms with Crippen LogP contribution in [0.15, 0.2) is 72.9 Å². The summed E-state index contributed by atoms with van der Waals surface area (Å²) in [7, 11) is 0. The number of carbonyl (C=O) groups is 2. The van der Waals surface area contributed by atoms with Crippen molar-refractivity contribution in [3.05, 3.63) is 72.9 Å². The van der Waals surface area contributed by atoms with E-state index in [4.69, 9.17) is 14.2 Å². The molecule has 0 aromatic heterocycles. The fourth-order valence-corrected chi connectivity index (χ4v) is 9.97. The maximum atomic E-state index is 13.4. The summed E-state index contributed by atoms with van der Waals surface area (Å²) in [6, 6.07) is -1.02. The van der Waals surface area contributed by atoms with Gasteiger partial charge in [-0.25, -0.2) is 0 Å². The van der Waals surface area contributed by atoms with E-state index in [2.05, 4.69) is 86.8 Å². The molecule has 1 aliphatic rings. The summed E-state index contributed by atoms with van der Waals surface area (Å²) in [6.07, 6.45) is 60.9. The highest BCUT2D eigenvalue weighted by Gasteiger charge is 2.47. The molecule has 8 unspecified atom stereocenters. The number of ether oxygens (including phenoxy) is 3. The van der Waals surface area contributed by atoms with Gasteiger partial charge in [0.1, 0.15) is 24.4 Å². The zero-order chi connectivity index (χ0) is 57.5. The highest BCUT2D eigenvalue weighted by molar-refractivity contribution is 5.80. The lowest BCUT2D eigenvalue weighted by atomic mass is 9.99. The van der Waals surface area contributed by atoms with E-state index in [0.29, 0.717) is 19.3 Å². The van der Waals surface area contributed by atoms with Gasteiger partial charge in [-0.15, -0.1) is 0 Å². The third-order valence-electron chi connectivity index (χ3n) is 15.1. The van der Waals surface area contributed by atoms with Gasteiger partial charge in [0, 0.05) is 6.42 Å². The van der Waals surface area contributed by atoms with Crippen LogP contribution in [0.3, 0.4) is 0 Å². The lowest BCUT2D eigenvalue weighted by Gasteiger charge is -2.41. The van der Waals surface area contributed by atoms with Crippen molar-refractivity contribution in [1.29, 1.82) is 0 Å². The Morgan fingerprint density at radius 2 is 0.911 bits per heavy atom. The van der Waals surface area contributed by atoms with E-state index in [1.807, 2.05) is 6.08 Å². The minimum atomic E-state index is -1.62. The average Bonchev–Trinajstić information content (AvgIpc) is 3.47. The second-order valence-corrected chi connectivity index (χ2v) is 22.5. The minimum Gasteiger partial charge on any atom is -0.454 e. The van der Waals surface area contributed by atoms with Crippen LogP contribution in [0, 0.1) is 0 Å². The Morgan fingerprint density at radius 3 is 1.37 bits per heavy atom. The maximum absolute atomic E-state index is 13.4. The molecule has 8 atom stereocenters. The molecule has 11 nitrogen and oxygen atoms in total. The number of aliphatic hydroxyl groups excluding tert-OH is 5. The standard InChI is InChI=1S/C68H121NO10/c1-4-7-10-13-16-19-22-24-25-26-27-28-29-30-31-32-33-34-35-36-37-38-41-44-47-50-53-56-63(73)79-66-65(75)64(74)62(57-70)78-68(66)77-58-59(60(71)54-51-48-45-42-39-21-18-15-12-9-6-3)69-67(76)61(72)55-52-49-46-43-40-23-20-17-14-11-8-5-2/h7,10,16,19,24-25,27-28,30-31,51,54,59-62,64-66,68,70-72,74-75H,4-6,8-9,11-15,17-18,20-23,26,29,32-50,52-53,55-58H2,1-3H3,(H,69,76)/b10-7-,19-16-,25-24-,28-27-,31-30-,54-51+. The molecule has 11 heteroatoms. The lowest BCUT2D eigenvalue weighted by Crippen LogP contribution is -2.61. The van der Waals surface area contributed by atoms with Crippen LogP contribution in [-0.4, -0.2) is 99.6 Å². The number of rotatable bonds is 55. The van der Waals surface area contributed by atoms with Crippen LogP contribution >= 0.6 is 0 Å². The first-order valence-corrected chi connectivity index (χ1v) is 32.7. The number of allylic oxidation sites excluding steroid dienone is 11. The second-order valence-electron chi connectivity index (χ2n) is 22.5. The van der Waals surface area contributed by atoms with Crippen molar-refractivity contribution in [3.63, 3.8) is 0 Å². The number of nitrogens with one attached hydrogen (secondary N) is 1. The molecular weight excluding hydrogens is 991 g/mol. The molecule has 1 saturated heterocycles. The summed E-state index contributed by atoms with van der Waals surface area (Å²) >= 11 is 0. The average molecular weight is 1110 g/mol. The Labute approximate surface area is 483 Å². The first-order chi connectivity index (χ1) is 38.7. The number of hydrogen-bond acceptors (Lipinski definition) is 10. The summed E-state index contributed by atoms with van der Waals surface area (Å²) in [5.74, 6) is -1.19. The third kappa shape index (κ3) is 43.5. The maximum Gasteiger partial charge on any atom is 0.306 e. The molecule has 0 radical (unpaired) electrons. The first-order valence-electron chi connectivity index (χ1n) is 32.7. The van der Waals surface area contributed by atoms with E-state index in [1.54, 1.807) is 6.08 Å². The van der Waals surface area contributed by atoms with Gasteiger partial charge >= 0.3 is 5.97 Å². The summed E-state index contributed by atoms with van der Waals surface area (Å²) in [6.45, 7) is 5.67. The second kappa shape index (κ2) is 55.6. The van der Waals surface area contributed by atoms with Crippen molar-refractivity contribution in [2.75, 3.05) is 13.2 Å². The minimum absolute atomic E-state index is 0.118. The van der Waals surface area contributed by atoms with Gasteiger partial charge in [-0.2, -0.15) is 0 Å². The molecule has 1 rings (SSSR count). The van der Waals surface area contributed by atoms with Crippen molar-refractivity contribution in [3.8, 4) is 0 Å². The van der Waals surface area contributed by atoms with Crippen molar-refractivity contribution in [2.45, 2.75) is 333 Å². The molecule has 1 fully saturated rings. The van der Waals surface area contributed by atoms with Gasteiger partial charge < -0.3 is 45.1 Å². The summed E-state index contributed by atoms with van der Waals surface area (Å²) in [4.78, 5) is 26.5. The Balaban J connectivity index is 2.54. The van der Waals surface area contributed by atoms with Crippen molar-refractivity contribution in [1.82, 2.24) is 5.32 Å². The van der Waals surface area contributed by atoms with E-state index in [0.717, 1.165) is 96.3 Å². The Morgan fingerprint density at radius 1 is 0.506 bits per heavy atom. The molecular formula is C68H121NO10. The van der Waals surface area contributed by atoms with Gasteiger partial charge in [-0.1, -0.05) is 280 Å². The Kier molecular flexibility index (Phi) is 52.2. The van der Waals surface area contributed by atoms with Gasteiger partial charge in [0.2, 0.25) is 5.91 Å². The molecule has 1 aliphatic heterocycles. The molecule has 0 spiro atoms. The molecule has 6 N–H and O–H groups in total. The van der Waals surface area contributed by atoms with Gasteiger partial charge in [-0.05, 0) is 70.6 Å². The molecule has 0 bridgehead atoms. The molecule has 79 heavy (non-hydrogen) atoms. The largest absolute Gasteiger partial charge is 0.454 e. The number of carbonyl (C=O) groups excluding carboxylic acids is 2. The van der Waals surface area contributed by atoms with E-state index in [-0.39, 0.29) is 13.0 Å². The number of esters is 1. The molecule has 458 valence electrons. The van der Waals surface area contributed by atoms with Crippen molar-refractivity contribution >= 4 is 11.9 Å². The zero-order valence-corrected chi connectivity index (χ0v) is 50.7. The van der Waals surface area contributed by atoms with E-state index in [1.165, 1.54) is 141 Å². The van der Waals surface area contributed by atoms with Crippen LogP contribution in [0.1, 0.15) is 284 Å². The van der Waals surface area contributed by atoms with Crippen LogP contribution in [0.5, 0.6) is 0 Å². The van der Waals surface area contributed by atoms with Crippen LogP contribution in [0.25, 0.3) is 0 Å². The number of aliphatic hydroxyl groups is 5. The highest BCUT2D eigenvalue weighted by atomic mass is 16.7. The van der Waals surface area contributed by atoms with E-state index < -0.39 is 67.4 Å². The SMILES string of the molecule is CC/C=C\C/C=C\C/C=C\C/C=C\C/C=C\CCCCCCCCCCCCCC(=O)OC1C(OCC(NC(=O)C(O)CCCCCCCCCCCCCC)C(O)/C=C/CCCCCCCCCCC)OC(CO)C(O)C1O. The van der Waals surface area contributed by atoms with Crippen LogP contribution in [0.2, 0.25) is 0 Å². The van der Waals surface area contributed by atoms with Crippen LogP contribution in [0.4, 0.5) is 0 Å². The zero-order valence-electron chi connectivity index (χ0n) is 50.7. The number of hydrogen-bond donors (Lipinski definition) is 6. The monoisotopic (exact) mass is 1110 g/mol. The fraction of sp³-hybridized carbons (Fsp3) is 0.794. The van der Waals surface area contributed by atoms with Gasteiger partial charge in [0.25, 0.3) is 0 Å². The smallest absolute Gasteiger partial charge is 0.306 e. The molecule has 0 aliphatic carbocycles.